The second-order valence-corrected chi connectivity index (χ2v) is 8.28. The number of benzene rings is 2. The highest BCUT2D eigenvalue weighted by molar-refractivity contribution is 5.62. The molecule has 27 heavy (non-hydrogen) atoms. The molecule has 0 N–H and O–H groups in total. The van der Waals surface area contributed by atoms with E-state index in [9.17, 15) is 0 Å². The van der Waals surface area contributed by atoms with Crippen molar-refractivity contribution >= 4 is 0 Å². The van der Waals surface area contributed by atoms with E-state index in [1.807, 2.05) is 18.2 Å². The lowest BCUT2D eigenvalue weighted by Crippen LogP contribution is -2.25. The van der Waals surface area contributed by atoms with Crippen LogP contribution in [0.3, 0.4) is 0 Å². The van der Waals surface area contributed by atoms with Gasteiger partial charge < -0.3 is 9.47 Å². The number of nitrogens with zero attached hydrogens (tertiary/aromatic N) is 1. The molecule has 0 amide bonds. The Morgan fingerprint density at radius 3 is 2.56 bits per heavy atom. The predicted molar refractivity (Wildman–Crippen MR) is 108 cm³/mol. The molecule has 2 aromatic rings. The molecule has 0 fully saturated rings. The fourth-order valence-electron chi connectivity index (χ4n) is 4.00. The molecular weight excluding hydrogens is 334 g/mol. The average molecular weight is 364 g/mol. The predicted octanol–water partition coefficient (Wildman–Crippen LogP) is 5.87. The third-order valence-corrected chi connectivity index (χ3v) is 5.18. The minimum absolute atomic E-state index is 0.224. The van der Waals surface area contributed by atoms with Gasteiger partial charge in [0.2, 0.25) is 0 Å². The van der Waals surface area contributed by atoms with Crippen LogP contribution < -0.4 is 9.47 Å². The summed E-state index contributed by atoms with van der Waals surface area (Å²) in [5.74, 6) is 2.30. The summed E-state index contributed by atoms with van der Waals surface area (Å²) in [5.41, 5.74) is 5.69. The van der Waals surface area contributed by atoms with Crippen molar-refractivity contribution in [3.05, 3.63) is 58.1 Å². The molecule has 0 aromatic heterocycles. The van der Waals surface area contributed by atoms with Gasteiger partial charge in [0.05, 0.1) is 6.07 Å². The van der Waals surface area contributed by atoms with Crippen LogP contribution in [0.15, 0.2) is 30.3 Å². The summed E-state index contributed by atoms with van der Waals surface area (Å²) in [6.45, 7) is 11.3. The van der Waals surface area contributed by atoms with Gasteiger partial charge in [-0.05, 0) is 44.2 Å². The molecule has 0 aliphatic carbocycles. The lowest BCUT2D eigenvalue weighted by atomic mass is 9.86. The van der Waals surface area contributed by atoms with Crippen LogP contribution in [0.1, 0.15) is 67.9 Å². The summed E-state index contributed by atoms with van der Waals surface area (Å²) in [6, 6.07) is 12.5. The van der Waals surface area contributed by atoms with Crippen molar-refractivity contribution in [1.82, 2.24) is 0 Å². The zero-order valence-electron chi connectivity index (χ0n) is 17.1. The number of hydrogen-bond donors (Lipinski definition) is 0. The van der Waals surface area contributed by atoms with Crippen molar-refractivity contribution in [2.24, 2.45) is 0 Å². The van der Waals surface area contributed by atoms with Crippen molar-refractivity contribution in [1.29, 1.82) is 5.26 Å². The molecule has 0 saturated heterocycles. The van der Waals surface area contributed by atoms with Crippen molar-refractivity contribution in [2.75, 3.05) is 0 Å². The molecule has 3 nitrogen and oxygen atoms in total. The Hall–Kier alpha value is -2.47. The second-order valence-electron chi connectivity index (χ2n) is 8.28. The maximum atomic E-state index is 9.11. The minimum atomic E-state index is -0.224. The molecule has 1 aliphatic rings. The molecule has 142 valence electrons. The van der Waals surface area contributed by atoms with Crippen LogP contribution in [0.4, 0.5) is 0 Å². The number of hydrogen-bond acceptors (Lipinski definition) is 3. The van der Waals surface area contributed by atoms with Gasteiger partial charge in [0.25, 0.3) is 0 Å². The van der Waals surface area contributed by atoms with Crippen molar-refractivity contribution in [3.8, 4) is 17.6 Å². The highest BCUT2D eigenvalue weighted by Gasteiger charge is 2.37. The Bertz CT molecular complexity index is 860. The minimum Gasteiger partial charge on any atom is -0.488 e. The number of ether oxygens (including phenoxy) is 2. The molecule has 0 bridgehead atoms. The SMILES string of the molecule is Cc1c(CCC#N)c2c(c(C(C)C)c1OCc1ccccc1)CC(C)(C)O2. The van der Waals surface area contributed by atoms with Crippen LogP contribution in [-0.2, 0) is 19.4 Å². The van der Waals surface area contributed by atoms with Crippen molar-refractivity contribution in [2.45, 2.75) is 72.0 Å². The molecule has 2 aromatic carbocycles. The standard InChI is InChI=1S/C24H29NO2/c1-16(2)21-20-14-24(4,5)27-23(20)19(12-9-13-25)17(3)22(21)26-15-18-10-7-6-8-11-18/h6-8,10-11,16H,9,12,14-15H2,1-5H3. The maximum Gasteiger partial charge on any atom is 0.127 e. The van der Waals surface area contributed by atoms with E-state index in [0.717, 1.165) is 34.6 Å². The third kappa shape index (κ3) is 3.95. The summed E-state index contributed by atoms with van der Waals surface area (Å²) in [7, 11) is 0. The van der Waals surface area contributed by atoms with Gasteiger partial charge in [-0.2, -0.15) is 5.26 Å². The van der Waals surface area contributed by atoms with Crippen LogP contribution in [0.5, 0.6) is 11.5 Å². The molecule has 1 heterocycles. The van der Waals surface area contributed by atoms with Crippen LogP contribution in [0.25, 0.3) is 0 Å². The van der Waals surface area contributed by atoms with Gasteiger partial charge in [-0.1, -0.05) is 44.2 Å². The first-order valence-corrected chi connectivity index (χ1v) is 9.75. The topological polar surface area (TPSA) is 42.2 Å². The molecule has 0 atom stereocenters. The van der Waals surface area contributed by atoms with Crippen molar-refractivity contribution in [3.63, 3.8) is 0 Å². The van der Waals surface area contributed by atoms with Gasteiger partial charge in [-0.15, -0.1) is 0 Å². The zero-order chi connectivity index (χ0) is 19.6. The van der Waals surface area contributed by atoms with Gasteiger partial charge in [0.15, 0.2) is 0 Å². The van der Waals surface area contributed by atoms with Crippen molar-refractivity contribution < 1.29 is 9.47 Å². The van der Waals surface area contributed by atoms with E-state index < -0.39 is 0 Å². The summed E-state index contributed by atoms with van der Waals surface area (Å²) >= 11 is 0. The van der Waals surface area contributed by atoms with E-state index in [1.165, 1.54) is 11.1 Å². The third-order valence-electron chi connectivity index (χ3n) is 5.18. The fraction of sp³-hybridized carbons (Fsp3) is 0.458. The molecule has 0 saturated carbocycles. The van der Waals surface area contributed by atoms with E-state index in [4.69, 9.17) is 14.7 Å². The number of nitriles is 1. The Morgan fingerprint density at radius 1 is 1.22 bits per heavy atom. The van der Waals surface area contributed by atoms with E-state index in [0.29, 0.717) is 25.4 Å². The van der Waals surface area contributed by atoms with Gasteiger partial charge >= 0.3 is 0 Å². The molecular formula is C24H29NO2. The van der Waals surface area contributed by atoms with Gasteiger partial charge in [-0.25, -0.2) is 0 Å². The zero-order valence-corrected chi connectivity index (χ0v) is 17.1. The monoisotopic (exact) mass is 363 g/mol. The molecule has 0 radical (unpaired) electrons. The molecule has 1 aliphatic heterocycles. The molecule has 3 rings (SSSR count). The van der Waals surface area contributed by atoms with E-state index in [2.05, 4.69) is 52.8 Å². The quantitative estimate of drug-likeness (QED) is 0.645. The summed E-state index contributed by atoms with van der Waals surface area (Å²) in [5, 5.41) is 9.11. The molecule has 0 unspecified atom stereocenters. The van der Waals surface area contributed by atoms with E-state index in [1.54, 1.807) is 0 Å². The van der Waals surface area contributed by atoms with E-state index in [-0.39, 0.29) is 5.60 Å². The van der Waals surface area contributed by atoms with E-state index >= 15 is 0 Å². The summed E-state index contributed by atoms with van der Waals surface area (Å²) in [6.07, 6.45) is 2.05. The average Bonchev–Trinajstić information content (AvgIpc) is 2.94. The van der Waals surface area contributed by atoms with Gasteiger partial charge in [-0.3, -0.25) is 0 Å². The Kier molecular flexibility index (Phi) is 5.46. The number of fused-ring (bicyclic) bond motifs is 1. The first-order chi connectivity index (χ1) is 12.8. The fourth-order valence-corrected chi connectivity index (χ4v) is 4.00. The lowest BCUT2D eigenvalue weighted by Gasteiger charge is -2.23. The second kappa shape index (κ2) is 7.64. The molecule has 3 heteroatoms. The Balaban J connectivity index is 2.09. The van der Waals surface area contributed by atoms with Crippen LogP contribution >= 0.6 is 0 Å². The van der Waals surface area contributed by atoms with Gasteiger partial charge in [0, 0.05) is 29.5 Å². The summed E-state index contributed by atoms with van der Waals surface area (Å²) < 4.78 is 12.7. The first kappa shape index (κ1) is 19.3. The van der Waals surface area contributed by atoms with Crippen LogP contribution in [-0.4, -0.2) is 5.60 Å². The van der Waals surface area contributed by atoms with Crippen LogP contribution in [0.2, 0.25) is 0 Å². The summed E-state index contributed by atoms with van der Waals surface area (Å²) in [4.78, 5) is 0. The highest BCUT2D eigenvalue weighted by atomic mass is 16.5. The largest absolute Gasteiger partial charge is 0.488 e. The molecule has 0 spiro atoms. The maximum absolute atomic E-state index is 9.11. The normalized spacial score (nSPS) is 14.6. The highest BCUT2D eigenvalue weighted by Crippen LogP contribution is 2.48. The number of rotatable bonds is 6. The van der Waals surface area contributed by atoms with Gasteiger partial charge in [0.1, 0.15) is 23.7 Å². The smallest absolute Gasteiger partial charge is 0.127 e. The first-order valence-electron chi connectivity index (χ1n) is 9.75. The Morgan fingerprint density at radius 2 is 1.93 bits per heavy atom. The Labute approximate surface area is 162 Å². The van der Waals surface area contributed by atoms with Crippen LogP contribution in [0, 0.1) is 18.3 Å². The lowest BCUT2D eigenvalue weighted by molar-refractivity contribution is 0.137.